The van der Waals surface area contributed by atoms with Gasteiger partial charge in [0.1, 0.15) is 12.9 Å². The molecular formula is C17H15NO3. The maximum Gasteiger partial charge on any atom is 0.410 e. The molecule has 0 unspecified atom stereocenters. The highest BCUT2D eigenvalue weighted by Gasteiger charge is 2.24. The summed E-state index contributed by atoms with van der Waals surface area (Å²) in [6.07, 6.45) is 0.485. The Hall–Kier alpha value is -2.62. The number of ether oxygens (including phenoxy) is 1. The van der Waals surface area contributed by atoms with Gasteiger partial charge in [0.2, 0.25) is 0 Å². The predicted octanol–water partition coefficient (Wildman–Crippen LogP) is 3.15. The van der Waals surface area contributed by atoms with Crippen molar-refractivity contribution < 1.29 is 14.3 Å². The van der Waals surface area contributed by atoms with Crippen LogP contribution in [-0.4, -0.2) is 17.3 Å². The highest BCUT2D eigenvalue weighted by atomic mass is 16.6. The fourth-order valence-electron chi connectivity index (χ4n) is 2.43. The van der Waals surface area contributed by atoms with Crippen molar-refractivity contribution in [3.8, 4) is 0 Å². The lowest BCUT2D eigenvalue weighted by Gasteiger charge is -2.15. The Morgan fingerprint density at radius 1 is 1.10 bits per heavy atom. The number of carbonyl (C=O) groups is 2. The Bertz CT molecular complexity index is 667. The van der Waals surface area contributed by atoms with Crippen LogP contribution in [0, 0.1) is 0 Å². The number of fused-ring (bicyclic) bond motifs is 1. The topological polar surface area (TPSA) is 46.6 Å². The second kappa shape index (κ2) is 5.79. The summed E-state index contributed by atoms with van der Waals surface area (Å²) < 4.78 is 5.32. The zero-order valence-corrected chi connectivity index (χ0v) is 11.5. The molecule has 0 aromatic heterocycles. The predicted molar refractivity (Wildman–Crippen MR) is 77.7 cm³/mol. The lowest BCUT2D eigenvalue weighted by atomic mass is 10.1. The van der Waals surface area contributed by atoms with Gasteiger partial charge in [0.05, 0.1) is 0 Å². The number of rotatable bonds is 3. The summed E-state index contributed by atoms with van der Waals surface area (Å²) in [5.41, 5.74) is 3.67. The zero-order chi connectivity index (χ0) is 14.7. The first kappa shape index (κ1) is 13.4. The highest BCUT2D eigenvalue weighted by molar-refractivity contribution is 5.76. The van der Waals surface area contributed by atoms with Gasteiger partial charge in [-0.2, -0.15) is 0 Å². The number of amides is 1. The van der Waals surface area contributed by atoms with E-state index in [9.17, 15) is 9.59 Å². The van der Waals surface area contributed by atoms with Crippen molar-refractivity contribution in [1.82, 2.24) is 4.90 Å². The molecule has 21 heavy (non-hydrogen) atoms. The lowest BCUT2D eigenvalue weighted by Crippen LogP contribution is -2.25. The third kappa shape index (κ3) is 2.94. The van der Waals surface area contributed by atoms with Crippen LogP contribution >= 0.6 is 0 Å². The number of carbonyl (C=O) groups excluding carboxylic acids is 2. The standard InChI is InChI=1S/C17H15NO3/c19-11-14-6-7-15-9-18(10-16(15)8-14)17(20)21-12-13-4-2-1-3-5-13/h1-8,11H,9-10,12H2. The summed E-state index contributed by atoms with van der Waals surface area (Å²) in [6, 6.07) is 15.1. The van der Waals surface area contributed by atoms with Crippen molar-refractivity contribution in [3.05, 3.63) is 70.8 Å². The quantitative estimate of drug-likeness (QED) is 0.812. The van der Waals surface area contributed by atoms with Crippen LogP contribution < -0.4 is 0 Å². The number of aldehydes is 1. The molecule has 2 aromatic rings. The van der Waals surface area contributed by atoms with E-state index in [4.69, 9.17) is 4.74 Å². The van der Waals surface area contributed by atoms with Crippen molar-refractivity contribution in [2.75, 3.05) is 0 Å². The summed E-state index contributed by atoms with van der Waals surface area (Å²) in [5.74, 6) is 0. The van der Waals surface area contributed by atoms with E-state index in [1.807, 2.05) is 42.5 Å². The summed E-state index contributed by atoms with van der Waals surface area (Å²) in [5, 5.41) is 0. The van der Waals surface area contributed by atoms with Crippen LogP contribution in [0.25, 0.3) is 0 Å². The van der Waals surface area contributed by atoms with Gasteiger partial charge in [0.15, 0.2) is 0 Å². The summed E-state index contributed by atoms with van der Waals surface area (Å²) in [7, 11) is 0. The Kier molecular flexibility index (Phi) is 3.69. The third-order valence-electron chi connectivity index (χ3n) is 3.55. The molecular weight excluding hydrogens is 266 g/mol. The van der Waals surface area contributed by atoms with Gasteiger partial charge in [-0.15, -0.1) is 0 Å². The van der Waals surface area contributed by atoms with Gasteiger partial charge < -0.3 is 4.74 Å². The van der Waals surface area contributed by atoms with Gasteiger partial charge in [-0.25, -0.2) is 4.79 Å². The van der Waals surface area contributed by atoms with E-state index in [1.165, 1.54) is 0 Å². The molecule has 4 nitrogen and oxygen atoms in total. The molecule has 0 bridgehead atoms. The molecule has 1 aliphatic rings. The van der Waals surface area contributed by atoms with Crippen molar-refractivity contribution >= 4 is 12.4 Å². The summed E-state index contributed by atoms with van der Waals surface area (Å²) >= 11 is 0. The molecule has 0 spiro atoms. The first-order chi connectivity index (χ1) is 10.3. The van der Waals surface area contributed by atoms with Crippen LogP contribution in [0.2, 0.25) is 0 Å². The number of hydrogen-bond acceptors (Lipinski definition) is 3. The Balaban J connectivity index is 1.61. The van der Waals surface area contributed by atoms with E-state index in [0.717, 1.165) is 23.0 Å². The van der Waals surface area contributed by atoms with Crippen LogP contribution in [0.1, 0.15) is 27.0 Å². The van der Waals surface area contributed by atoms with Crippen LogP contribution in [0.4, 0.5) is 4.79 Å². The van der Waals surface area contributed by atoms with Crippen molar-refractivity contribution in [1.29, 1.82) is 0 Å². The van der Waals surface area contributed by atoms with Gasteiger partial charge in [-0.1, -0.05) is 42.5 Å². The average Bonchev–Trinajstić information content (AvgIpc) is 2.96. The molecule has 1 heterocycles. The minimum absolute atomic E-state index is 0.270. The minimum atomic E-state index is -0.331. The van der Waals surface area contributed by atoms with Gasteiger partial charge >= 0.3 is 6.09 Å². The SMILES string of the molecule is O=Cc1ccc2c(c1)CN(C(=O)OCc1ccccc1)C2. The van der Waals surface area contributed by atoms with Crippen LogP contribution in [0.15, 0.2) is 48.5 Å². The molecule has 4 heteroatoms. The summed E-state index contributed by atoms with van der Waals surface area (Å²) in [6.45, 7) is 1.29. The second-order valence-electron chi connectivity index (χ2n) is 5.04. The van der Waals surface area contributed by atoms with E-state index in [1.54, 1.807) is 11.0 Å². The number of benzene rings is 2. The van der Waals surface area contributed by atoms with E-state index >= 15 is 0 Å². The first-order valence-electron chi connectivity index (χ1n) is 6.79. The van der Waals surface area contributed by atoms with Crippen molar-refractivity contribution in [2.24, 2.45) is 0 Å². The fourth-order valence-corrected chi connectivity index (χ4v) is 2.43. The van der Waals surface area contributed by atoms with Crippen LogP contribution in [-0.2, 0) is 24.4 Å². The Morgan fingerprint density at radius 2 is 1.86 bits per heavy atom. The van der Waals surface area contributed by atoms with E-state index in [2.05, 4.69) is 0 Å². The smallest absolute Gasteiger partial charge is 0.410 e. The molecule has 2 aromatic carbocycles. The van der Waals surface area contributed by atoms with Crippen molar-refractivity contribution in [2.45, 2.75) is 19.7 Å². The maximum absolute atomic E-state index is 12.1. The van der Waals surface area contributed by atoms with E-state index in [-0.39, 0.29) is 12.7 Å². The molecule has 0 atom stereocenters. The molecule has 0 radical (unpaired) electrons. The molecule has 106 valence electrons. The molecule has 0 N–H and O–H groups in total. The highest BCUT2D eigenvalue weighted by Crippen LogP contribution is 2.24. The van der Waals surface area contributed by atoms with Crippen LogP contribution in [0.3, 0.4) is 0 Å². The maximum atomic E-state index is 12.1. The molecule has 0 aliphatic carbocycles. The minimum Gasteiger partial charge on any atom is -0.445 e. The number of hydrogen-bond donors (Lipinski definition) is 0. The lowest BCUT2D eigenvalue weighted by molar-refractivity contribution is 0.0955. The third-order valence-corrected chi connectivity index (χ3v) is 3.55. The van der Waals surface area contributed by atoms with Gasteiger partial charge in [-0.05, 0) is 22.8 Å². The Labute approximate surface area is 123 Å². The second-order valence-corrected chi connectivity index (χ2v) is 5.04. The average molecular weight is 281 g/mol. The fraction of sp³-hybridized carbons (Fsp3) is 0.176. The van der Waals surface area contributed by atoms with Gasteiger partial charge in [0, 0.05) is 18.7 Å². The molecule has 0 saturated carbocycles. The first-order valence-corrected chi connectivity index (χ1v) is 6.79. The van der Waals surface area contributed by atoms with E-state index < -0.39 is 0 Å². The van der Waals surface area contributed by atoms with Crippen LogP contribution in [0.5, 0.6) is 0 Å². The molecule has 1 amide bonds. The van der Waals surface area contributed by atoms with E-state index in [0.29, 0.717) is 18.7 Å². The van der Waals surface area contributed by atoms with Gasteiger partial charge in [0.25, 0.3) is 0 Å². The molecule has 0 fully saturated rings. The molecule has 1 aliphatic heterocycles. The largest absolute Gasteiger partial charge is 0.445 e. The monoisotopic (exact) mass is 281 g/mol. The molecule has 0 saturated heterocycles. The molecule has 3 rings (SSSR count). The van der Waals surface area contributed by atoms with Crippen molar-refractivity contribution in [3.63, 3.8) is 0 Å². The Morgan fingerprint density at radius 3 is 2.62 bits per heavy atom. The zero-order valence-electron chi connectivity index (χ0n) is 11.5. The van der Waals surface area contributed by atoms with Gasteiger partial charge in [-0.3, -0.25) is 9.69 Å². The normalized spacial score (nSPS) is 12.9. The summed E-state index contributed by atoms with van der Waals surface area (Å²) in [4.78, 5) is 24.5. The number of nitrogens with zero attached hydrogens (tertiary/aromatic N) is 1.